The number of hydrogen-bond acceptors (Lipinski definition) is 1. The molecule has 2 heteroatoms. The number of aryl methyl sites for hydroxylation is 2. The van der Waals surface area contributed by atoms with Crippen LogP contribution in [0.5, 0.6) is 0 Å². The summed E-state index contributed by atoms with van der Waals surface area (Å²) in [7, 11) is 0. The van der Waals surface area contributed by atoms with Gasteiger partial charge in [-0.2, -0.15) is 0 Å². The summed E-state index contributed by atoms with van der Waals surface area (Å²) >= 11 is 0. The number of benzene rings is 1. The van der Waals surface area contributed by atoms with Crippen molar-refractivity contribution in [2.75, 3.05) is 0 Å². The molecule has 2 heterocycles. The molecule has 3 aromatic rings. The number of hydrogen-bond donors (Lipinski definition) is 1. The van der Waals surface area contributed by atoms with Crippen molar-refractivity contribution in [3.05, 3.63) is 59.4 Å². The van der Waals surface area contributed by atoms with Gasteiger partial charge in [-0.25, -0.2) is 0 Å². The van der Waals surface area contributed by atoms with E-state index in [-0.39, 0.29) is 0 Å². The van der Waals surface area contributed by atoms with E-state index in [4.69, 9.17) is 4.42 Å². The molecular weight excluding hydrogens is 258 g/mol. The first kappa shape index (κ1) is 13.5. The molecule has 2 aromatic heterocycles. The molecule has 3 rings (SSSR count). The van der Waals surface area contributed by atoms with E-state index >= 15 is 0 Å². The van der Waals surface area contributed by atoms with Crippen molar-refractivity contribution >= 4 is 23.1 Å². The summed E-state index contributed by atoms with van der Waals surface area (Å²) in [5.74, 6) is 0.890. The van der Waals surface area contributed by atoms with Gasteiger partial charge in [0.15, 0.2) is 0 Å². The first-order valence-corrected chi connectivity index (χ1v) is 7.13. The van der Waals surface area contributed by atoms with Gasteiger partial charge in [0.25, 0.3) is 0 Å². The Bertz CT molecular complexity index is 846. The van der Waals surface area contributed by atoms with Crippen LogP contribution in [-0.4, -0.2) is 4.98 Å². The molecule has 0 aliphatic rings. The van der Waals surface area contributed by atoms with E-state index in [0.717, 1.165) is 39.2 Å². The largest absolute Gasteiger partial charge is 0.455 e. The van der Waals surface area contributed by atoms with Crippen LogP contribution in [0, 0.1) is 13.8 Å². The van der Waals surface area contributed by atoms with Gasteiger partial charge in [0.1, 0.15) is 11.3 Å². The number of nitrogens with one attached hydrogen (secondary N) is 1. The quantitative estimate of drug-likeness (QED) is 0.651. The Balaban J connectivity index is 2.38. The minimum Gasteiger partial charge on any atom is -0.455 e. The summed E-state index contributed by atoms with van der Waals surface area (Å²) in [5.41, 5.74) is 6.51. The number of para-hydroxylation sites is 1. The fourth-order valence-electron chi connectivity index (χ4n) is 2.92. The molecule has 1 aromatic carbocycles. The Hall–Kier alpha value is -2.48. The van der Waals surface area contributed by atoms with E-state index in [1.54, 1.807) is 0 Å². The van der Waals surface area contributed by atoms with Gasteiger partial charge in [-0.05, 0) is 26.8 Å². The lowest BCUT2D eigenvalue weighted by Gasteiger charge is -2.01. The summed E-state index contributed by atoms with van der Waals surface area (Å²) in [6, 6.07) is 8.08. The minimum atomic E-state index is 0.890. The number of rotatable bonds is 3. The lowest BCUT2D eigenvalue weighted by atomic mass is 10.0. The zero-order valence-electron chi connectivity index (χ0n) is 12.7. The van der Waals surface area contributed by atoms with Crippen molar-refractivity contribution in [1.29, 1.82) is 0 Å². The molecule has 106 valence electrons. The van der Waals surface area contributed by atoms with E-state index in [9.17, 15) is 0 Å². The molecule has 21 heavy (non-hydrogen) atoms. The fraction of sp³-hybridized carbons (Fsp3) is 0.158. The summed E-state index contributed by atoms with van der Waals surface area (Å²) in [6.45, 7) is 10.2. The first-order valence-electron chi connectivity index (χ1n) is 7.13. The smallest absolute Gasteiger partial charge is 0.145 e. The second-order valence-corrected chi connectivity index (χ2v) is 5.21. The van der Waals surface area contributed by atoms with E-state index in [1.807, 2.05) is 31.2 Å². The van der Waals surface area contributed by atoms with Gasteiger partial charge in [0, 0.05) is 33.5 Å². The van der Waals surface area contributed by atoms with Crippen LogP contribution in [0.2, 0.25) is 0 Å². The summed E-state index contributed by atoms with van der Waals surface area (Å²) < 4.78 is 6.13. The first-order chi connectivity index (χ1) is 10.2. The van der Waals surface area contributed by atoms with Crippen LogP contribution in [0.25, 0.3) is 34.4 Å². The zero-order valence-corrected chi connectivity index (χ0v) is 12.7. The summed E-state index contributed by atoms with van der Waals surface area (Å²) in [5, 5.41) is 1.10. The van der Waals surface area contributed by atoms with Crippen LogP contribution >= 0.6 is 0 Å². The molecule has 0 bridgehead atoms. The van der Waals surface area contributed by atoms with Gasteiger partial charge in [-0.1, -0.05) is 43.0 Å². The fourth-order valence-corrected chi connectivity index (χ4v) is 2.92. The molecule has 0 saturated carbocycles. The van der Waals surface area contributed by atoms with Crippen molar-refractivity contribution in [3.63, 3.8) is 0 Å². The highest BCUT2D eigenvalue weighted by molar-refractivity contribution is 5.96. The van der Waals surface area contributed by atoms with Crippen molar-refractivity contribution in [2.45, 2.75) is 20.8 Å². The topological polar surface area (TPSA) is 28.9 Å². The molecular formula is C19H19NO. The second kappa shape index (κ2) is 5.13. The third-order valence-electron chi connectivity index (χ3n) is 3.82. The molecule has 0 amide bonds. The van der Waals surface area contributed by atoms with E-state index in [2.05, 4.69) is 43.6 Å². The van der Waals surface area contributed by atoms with Crippen molar-refractivity contribution in [3.8, 4) is 11.3 Å². The zero-order chi connectivity index (χ0) is 15.0. The Morgan fingerprint density at radius 2 is 1.86 bits per heavy atom. The van der Waals surface area contributed by atoms with Gasteiger partial charge in [-0.3, -0.25) is 0 Å². The molecule has 0 saturated heterocycles. The summed E-state index contributed by atoms with van der Waals surface area (Å²) in [4.78, 5) is 3.41. The molecule has 0 spiro atoms. The molecule has 0 fully saturated rings. The summed E-state index contributed by atoms with van der Waals surface area (Å²) in [6.07, 6.45) is 6.05. The van der Waals surface area contributed by atoms with Gasteiger partial charge in [0.05, 0.1) is 0 Å². The second-order valence-electron chi connectivity index (χ2n) is 5.21. The Labute approximate surface area is 124 Å². The molecule has 0 aliphatic heterocycles. The van der Waals surface area contributed by atoms with E-state index in [0.29, 0.717) is 0 Å². The lowest BCUT2D eigenvalue weighted by molar-refractivity contribution is 0.630. The van der Waals surface area contributed by atoms with Crippen LogP contribution in [-0.2, 0) is 0 Å². The van der Waals surface area contributed by atoms with Crippen LogP contribution in [0.1, 0.15) is 29.4 Å². The average molecular weight is 277 g/mol. The maximum atomic E-state index is 6.13. The predicted octanol–water partition coefficient (Wildman–Crippen LogP) is 5.72. The van der Waals surface area contributed by atoms with Gasteiger partial charge < -0.3 is 9.40 Å². The van der Waals surface area contributed by atoms with Crippen LogP contribution in [0.3, 0.4) is 0 Å². The van der Waals surface area contributed by atoms with E-state index in [1.165, 1.54) is 5.56 Å². The Morgan fingerprint density at radius 1 is 1.10 bits per heavy atom. The number of aromatic amines is 1. The van der Waals surface area contributed by atoms with E-state index < -0.39 is 0 Å². The molecule has 2 nitrogen and oxygen atoms in total. The van der Waals surface area contributed by atoms with Gasteiger partial charge in [-0.15, -0.1) is 0 Å². The molecule has 0 atom stereocenters. The average Bonchev–Trinajstić information content (AvgIpc) is 2.96. The molecule has 0 radical (unpaired) electrons. The normalized spacial score (nSPS) is 11.6. The SMILES string of the molecule is C=Cc1c(-c2c(C)[nH]c(C)c2/C=C\C)oc2ccccc12. The van der Waals surface area contributed by atoms with Gasteiger partial charge >= 0.3 is 0 Å². The highest BCUT2D eigenvalue weighted by Crippen LogP contribution is 2.39. The predicted molar refractivity (Wildman–Crippen MR) is 90.3 cm³/mol. The number of aromatic nitrogens is 1. The third kappa shape index (κ3) is 2.04. The van der Waals surface area contributed by atoms with Gasteiger partial charge in [0.2, 0.25) is 0 Å². The maximum Gasteiger partial charge on any atom is 0.145 e. The molecule has 1 N–H and O–H groups in total. The third-order valence-corrected chi connectivity index (χ3v) is 3.82. The van der Waals surface area contributed by atoms with Crippen molar-refractivity contribution < 1.29 is 4.42 Å². The molecule has 0 unspecified atom stereocenters. The highest BCUT2D eigenvalue weighted by atomic mass is 16.3. The number of furan rings is 1. The number of fused-ring (bicyclic) bond motifs is 1. The van der Waals surface area contributed by atoms with Crippen molar-refractivity contribution in [1.82, 2.24) is 4.98 Å². The van der Waals surface area contributed by atoms with Crippen LogP contribution in [0.4, 0.5) is 0 Å². The standard InChI is InChI=1S/C19H19NO/c1-5-9-15-12(3)20-13(4)18(15)19-14(6-2)16-10-7-8-11-17(16)21-19/h5-11,20H,2H2,1,3-4H3/b9-5-. The monoisotopic (exact) mass is 277 g/mol. The lowest BCUT2D eigenvalue weighted by Crippen LogP contribution is -1.82. The number of allylic oxidation sites excluding steroid dienone is 1. The maximum absolute atomic E-state index is 6.13. The number of H-pyrrole nitrogens is 1. The Morgan fingerprint density at radius 3 is 2.57 bits per heavy atom. The van der Waals surface area contributed by atoms with Crippen LogP contribution in [0.15, 0.2) is 41.3 Å². The minimum absolute atomic E-state index is 0.890. The Kier molecular flexibility index (Phi) is 3.30. The van der Waals surface area contributed by atoms with Crippen LogP contribution < -0.4 is 0 Å². The van der Waals surface area contributed by atoms with Crippen molar-refractivity contribution in [2.24, 2.45) is 0 Å². The molecule has 0 aliphatic carbocycles. The highest BCUT2D eigenvalue weighted by Gasteiger charge is 2.20.